The lowest BCUT2D eigenvalue weighted by Gasteiger charge is -2.24. The standard InChI is InChI=1S/C46H28S/c1-3-13-29(14-4-1)31-20-11-21-34-32(31)25-28-40-44(36-19-8-7-18-35(36)43(46(34)40)30-15-5-2-6-16-30)39-27-26-38-33-17-9-10-23-41(33)47-42-24-12-22-37(39)45(38)42/h1-28H/i1D,2D,3D,4D,5D,6D,13D,14D,15D,16D. The van der Waals surface area contributed by atoms with Crippen LogP contribution in [0.4, 0.5) is 0 Å². The van der Waals surface area contributed by atoms with Gasteiger partial charge in [-0.3, -0.25) is 0 Å². The summed E-state index contributed by atoms with van der Waals surface area (Å²) in [4.78, 5) is 2.33. The summed E-state index contributed by atoms with van der Waals surface area (Å²) < 4.78 is 87.0. The summed E-state index contributed by atoms with van der Waals surface area (Å²) in [6, 6.07) is 31.9. The Hall–Kier alpha value is -5.63. The molecule has 0 aromatic heterocycles. The summed E-state index contributed by atoms with van der Waals surface area (Å²) in [6.45, 7) is 0. The molecule has 0 radical (unpaired) electrons. The predicted octanol–water partition coefficient (Wildman–Crippen LogP) is 13.4. The molecule has 1 aliphatic rings. The molecule has 1 heterocycles. The van der Waals surface area contributed by atoms with Crippen LogP contribution in [0.25, 0.3) is 87.6 Å². The van der Waals surface area contributed by atoms with Crippen molar-refractivity contribution in [2.45, 2.75) is 9.79 Å². The Balaban J connectivity index is 1.42. The highest BCUT2D eigenvalue weighted by molar-refractivity contribution is 7.99. The summed E-state index contributed by atoms with van der Waals surface area (Å²) in [5, 5.41) is 6.30. The van der Waals surface area contributed by atoms with Crippen LogP contribution < -0.4 is 0 Å². The summed E-state index contributed by atoms with van der Waals surface area (Å²) in [5.74, 6) is 0. The van der Waals surface area contributed by atoms with E-state index < -0.39 is 36.3 Å². The fourth-order valence-electron chi connectivity index (χ4n) is 7.36. The molecule has 0 bridgehead atoms. The van der Waals surface area contributed by atoms with Crippen LogP contribution in [0.5, 0.6) is 0 Å². The van der Waals surface area contributed by atoms with E-state index >= 15 is 0 Å². The molecule has 10 rings (SSSR count). The van der Waals surface area contributed by atoms with Crippen molar-refractivity contribution in [3.8, 4) is 44.5 Å². The maximum atomic E-state index is 9.21. The van der Waals surface area contributed by atoms with Crippen LogP contribution in [0, 0.1) is 0 Å². The van der Waals surface area contributed by atoms with Gasteiger partial charge >= 0.3 is 0 Å². The van der Waals surface area contributed by atoms with Crippen LogP contribution in [0.15, 0.2) is 179 Å². The first-order valence-electron chi connectivity index (χ1n) is 20.4. The van der Waals surface area contributed by atoms with Crippen LogP contribution in [0.3, 0.4) is 0 Å². The van der Waals surface area contributed by atoms with E-state index in [1.165, 1.54) is 4.90 Å². The second-order valence-corrected chi connectivity index (χ2v) is 12.7. The van der Waals surface area contributed by atoms with Crippen molar-refractivity contribution in [2.24, 2.45) is 0 Å². The Morgan fingerprint density at radius 3 is 1.77 bits per heavy atom. The maximum Gasteiger partial charge on any atom is 0.0629 e. The molecule has 218 valence electrons. The zero-order valence-electron chi connectivity index (χ0n) is 34.8. The van der Waals surface area contributed by atoms with Gasteiger partial charge in [0.15, 0.2) is 0 Å². The molecule has 1 aliphatic heterocycles. The van der Waals surface area contributed by atoms with Crippen molar-refractivity contribution in [1.82, 2.24) is 0 Å². The van der Waals surface area contributed by atoms with Gasteiger partial charge in [0.25, 0.3) is 0 Å². The molecule has 0 saturated carbocycles. The highest BCUT2D eigenvalue weighted by Gasteiger charge is 2.24. The highest BCUT2D eigenvalue weighted by Crippen LogP contribution is 2.52. The normalized spacial score (nSPS) is 15.1. The van der Waals surface area contributed by atoms with Crippen LogP contribution in [-0.2, 0) is 0 Å². The maximum absolute atomic E-state index is 9.21. The van der Waals surface area contributed by atoms with E-state index in [0.29, 0.717) is 32.7 Å². The molecule has 0 fully saturated rings. The Morgan fingerprint density at radius 2 is 0.936 bits per heavy atom. The summed E-state index contributed by atoms with van der Waals surface area (Å²) in [6.07, 6.45) is 0. The zero-order valence-corrected chi connectivity index (χ0v) is 25.6. The predicted molar refractivity (Wildman–Crippen MR) is 202 cm³/mol. The van der Waals surface area contributed by atoms with Gasteiger partial charge in [-0.1, -0.05) is 169 Å². The molecule has 0 spiro atoms. The minimum absolute atomic E-state index is 0.0534. The summed E-state index contributed by atoms with van der Waals surface area (Å²) in [7, 11) is 0. The number of hydrogen-bond acceptors (Lipinski definition) is 1. The lowest BCUT2D eigenvalue weighted by molar-refractivity contribution is 1.40. The van der Waals surface area contributed by atoms with Crippen molar-refractivity contribution in [1.29, 1.82) is 0 Å². The second kappa shape index (κ2) is 10.5. The van der Waals surface area contributed by atoms with Crippen LogP contribution in [0.2, 0.25) is 0 Å². The topological polar surface area (TPSA) is 0 Å². The largest absolute Gasteiger partial charge is 0.0888 e. The van der Waals surface area contributed by atoms with E-state index in [2.05, 4.69) is 48.5 Å². The van der Waals surface area contributed by atoms with Gasteiger partial charge in [0, 0.05) is 15.2 Å². The van der Waals surface area contributed by atoms with Crippen LogP contribution in [0.1, 0.15) is 13.7 Å². The first-order valence-corrected chi connectivity index (χ1v) is 16.2. The van der Waals surface area contributed by atoms with E-state index in [-0.39, 0.29) is 35.3 Å². The molecule has 0 unspecified atom stereocenters. The average Bonchev–Trinajstić information content (AvgIpc) is 3.23. The Kier molecular flexibility index (Phi) is 4.11. The molecule has 9 aromatic rings. The van der Waals surface area contributed by atoms with E-state index in [1.807, 2.05) is 48.5 Å². The van der Waals surface area contributed by atoms with Crippen molar-refractivity contribution in [3.05, 3.63) is 170 Å². The number of rotatable bonds is 3. The molecule has 0 aliphatic carbocycles. The molecule has 0 amide bonds. The first kappa shape index (κ1) is 18.5. The molecule has 1 heteroatoms. The van der Waals surface area contributed by atoms with Gasteiger partial charge < -0.3 is 0 Å². The van der Waals surface area contributed by atoms with Crippen LogP contribution >= 0.6 is 11.8 Å². The third kappa shape index (κ3) is 3.97. The Morgan fingerprint density at radius 1 is 0.340 bits per heavy atom. The molecule has 0 nitrogen and oxygen atoms in total. The van der Waals surface area contributed by atoms with Crippen molar-refractivity contribution >= 4 is 54.9 Å². The molecular formula is C46H28S. The van der Waals surface area contributed by atoms with Gasteiger partial charge in [-0.2, -0.15) is 0 Å². The van der Waals surface area contributed by atoms with E-state index in [4.69, 9.17) is 11.0 Å². The SMILES string of the molecule is [2H]c1c([2H])c([2H])c(-c2cccc3c2ccc2c(-c4ccc5c6c(cccc46)Sc4ccccc4-5)c4ccccc4c(-c4c([2H])c([2H])c([2H])c([2H])c4[2H])c23)c([2H])c1[2H]. The summed E-state index contributed by atoms with van der Waals surface area (Å²) >= 11 is 1.74. The zero-order chi connectivity index (χ0) is 39.6. The van der Waals surface area contributed by atoms with Gasteiger partial charge in [-0.15, -0.1) is 0 Å². The quantitative estimate of drug-likeness (QED) is 0.140. The number of benzene rings is 9. The molecular weight excluding hydrogens is 585 g/mol. The summed E-state index contributed by atoms with van der Waals surface area (Å²) in [5.41, 5.74) is 5.15. The third-order valence-corrected chi connectivity index (χ3v) is 10.4. The van der Waals surface area contributed by atoms with Crippen LogP contribution in [-0.4, -0.2) is 0 Å². The third-order valence-electron chi connectivity index (χ3n) is 9.23. The van der Waals surface area contributed by atoms with Gasteiger partial charge in [0.1, 0.15) is 0 Å². The average molecular weight is 623 g/mol. The minimum atomic E-state index is -0.490. The first-order chi connectivity index (χ1) is 27.5. The molecule has 9 aromatic carbocycles. The minimum Gasteiger partial charge on any atom is -0.0888 e. The van der Waals surface area contributed by atoms with Crippen molar-refractivity contribution in [3.63, 3.8) is 0 Å². The van der Waals surface area contributed by atoms with Crippen molar-refractivity contribution < 1.29 is 13.7 Å². The van der Waals surface area contributed by atoms with Gasteiger partial charge in [0.2, 0.25) is 0 Å². The molecule has 47 heavy (non-hydrogen) atoms. The van der Waals surface area contributed by atoms with Gasteiger partial charge in [-0.25, -0.2) is 0 Å². The monoisotopic (exact) mass is 622 g/mol. The van der Waals surface area contributed by atoms with E-state index in [9.17, 15) is 2.74 Å². The smallest absolute Gasteiger partial charge is 0.0629 e. The lowest BCUT2D eigenvalue weighted by atomic mass is 9.81. The fraction of sp³-hybridized carbons (Fsp3) is 0. The van der Waals surface area contributed by atoms with Crippen molar-refractivity contribution in [2.75, 3.05) is 0 Å². The Labute approximate surface area is 292 Å². The highest BCUT2D eigenvalue weighted by atomic mass is 32.2. The lowest BCUT2D eigenvalue weighted by Crippen LogP contribution is -1.96. The van der Waals surface area contributed by atoms with E-state index in [1.54, 1.807) is 23.9 Å². The fourth-order valence-corrected chi connectivity index (χ4v) is 8.50. The van der Waals surface area contributed by atoms with E-state index in [0.717, 1.165) is 48.7 Å². The number of fused-ring (bicyclic) bond motifs is 6. The molecule has 0 saturated heterocycles. The molecule has 0 N–H and O–H groups in total. The molecule has 0 atom stereocenters. The van der Waals surface area contributed by atoms with Gasteiger partial charge in [0.05, 0.1) is 13.7 Å². The second-order valence-electron chi connectivity index (χ2n) is 11.6. The van der Waals surface area contributed by atoms with Gasteiger partial charge in [-0.05, 0) is 94.3 Å². The Bertz CT molecular complexity index is 3220. The number of hydrogen-bond donors (Lipinski definition) is 0.